The Morgan fingerprint density at radius 2 is 1.88 bits per heavy atom. The highest BCUT2D eigenvalue weighted by Crippen LogP contribution is 2.22. The van der Waals surface area contributed by atoms with Crippen LogP contribution in [-0.2, 0) is 16.4 Å². The number of hydrogen-bond acceptors (Lipinski definition) is 5. The van der Waals surface area contributed by atoms with Gasteiger partial charge in [0.2, 0.25) is 10.0 Å². The number of carboxylic acid groups (broad SMARTS) is 1. The second kappa shape index (κ2) is 7.33. The molecule has 0 aliphatic carbocycles. The van der Waals surface area contributed by atoms with Gasteiger partial charge in [0.25, 0.3) is 0 Å². The molecule has 24 heavy (non-hydrogen) atoms. The molecule has 0 unspecified atom stereocenters. The molecule has 0 bridgehead atoms. The smallest absolute Gasteiger partial charge is 0.335 e. The fourth-order valence-electron chi connectivity index (χ4n) is 2.17. The topological polar surface area (TPSA) is 119 Å². The van der Waals surface area contributed by atoms with Gasteiger partial charge in [-0.15, -0.1) is 0 Å². The van der Waals surface area contributed by atoms with Gasteiger partial charge in [-0.05, 0) is 42.3 Å². The number of primary sulfonamides is 1. The van der Waals surface area contributed by atoms with E-state index in [4.69, 9.17) is 15.0 Å². The maximum absolute atomic E-state index is 11.7. The maximum atomic E-state index is 11.7. The molecule has 128 valence electrons. The van der Waals surface area contributed by atoms with Crippen molar-refractivity contribution in [1.29, 1.82) is 0 Å². The van der Waals surface area contributed by atoms with Crippen LogP contribution in [-0.4, -0.2) is 33.1 Å². The molecule has 0 saturated heterocycles. The SMILES string of the molecule is COc1ccc(CCNc2ccc(C(=O)O)cc2S(N)(=O)=O)cc1. The summed E-state index contributed by atoms with van der Waals surface area (Å²) in [4.78, 5) is 10.7. The van der Waals surface area contributed by atoms with Crippen molar-refractivity contribution >= 4 is 21.7 Å². The van der Waals surface area contributed by atoms with Gasteiger partial charge in [0.05, 0.1) is 18.4 Å². The standard InChI is InChI=1S/C16H18N2O5S/c1-23-13-5-2-11(3-6-13)8-9-18-14-7-4-12(16(19)20)10-15(14)24(17,21)22/h2-7,10,18H,8-9H2,1H3,(H,19,20)(H2,17,21,22). The van der Waals surface area contributed by atoms with E-state index in [1.54, 1.807) is 7.11 Å². The number of carboxylic acids is 1. The number of rotatable bonds is 7. The predicted octanol–water partition coefficient (Wildman–Crippen LogP) is 1.70. The van der Waals surface area contributed by atoms with Crippen LogP contribution < -0.4 is 15.2 Å². The highest BCUT2D eigenvalue weighted by Gasteiger charge is 2.16. The summed E-state index contributed by atoms with van der Waals surface area (Å²) in [6, 6.07) is 11.3. The number of methoxy groups -OCH3 is 1. The van der Waals surface area contributed by atoms with Crippen LogP contribution >= 0.6 is 0 Å². The Labute approximate surface area is 140 Å². The molecule has 0 aliphatic rings. The lowest BCUT2D eigenvalue weighted by molar-refractivity contribution is 0.0696. The van der Waals surface area contributed by atoms with E-state index < -0.39 is 16.0 Å². The summed E-state index contributed by atoms with van der Waals surface area (Å²) in [7, 11) is -2.45. The first-order chi connectivity index (χ1) is 11.3. The molecular weight excluding hydrogens is 332 g/mol. The second-order valence-corrected chi connectivity index (χ2v) is 6.62. The number of carbonyl (C=O) groups is 1. The number of nitrogens with two attached hydrogens (primary N) is 1. The molecule has 2 aromatic rings. The van der Waals surface area contributed by atoms with Gasteiger partial charge in [-0.2, -0.15) is 0 Å². The number of hydrogen-bond donors (Lipinski definition) is 3. The number of anilines is 1. The summed E-state index contributed by atoms with van der Waals surface area (Å²) < 4.78 is 28.4. The molecule has 0 spiro atoms. The predicted molar refractivity (Wildman–Crippen MR) is 90.0 cm³/mol. The van der Waals surface area contributed by atoms with Gasteiger partial charge in [-0.3, -0.25) is 0 Å². The largest absolute Gasteiger partial charge is 0.497 e. The molecule has 0 heterocycles. The second-order valence-electron chi connectivity index (χ2n) is 5.09. The minimum Gasteiger partial charge on any atom is -0.497 e. The minimum absolute atomic E-state index is 0.139. The van der Waals surface area contributed by atoms with Gasteiger partial charge in [0.15, 0.2) is 0 Å². The summed E-state index contributed by atoms with van der Waals surface area (Å²) in [6.45, 7) is 0.460. The van der Waals surface area contributed by atoms with Crippen molar-refractivity contribution in [1.82, 2.24) is 0 Å². The maximum Gasteiger partial charge on any atom is 0.335 e. The van der Waals surface area contributed by atoms with Gasteiger partial charge < -0.3 is 15.2 Å². The third-order valence-electron chi connectivity index (χ3n) is 3.42. The number of ether oxygens (including phenoxy) is 1. The number of sulfonamides is 1. The molecule has 2 aromatic carbocycles. The minimum atomic E-state index is -4.04. The normalized spacial score (nSPS) is 11.1. The van der Waals surface area contributed by atoms with E-state index in [1.165, 1.54) is 12.1 Å². The van der Waals surface area contributed by atoms with Crippen molar-refractivity contribution in [2.24, 2.45) is 5.14 Å². The Morgan fingerprint density at radius 1 is 1.21 bits per heavy atom. The van der Waals surface area contributed by atoms with E-state index in [1.807, 2.05) is 24.3 Å². The number of nitrogens with one attached hydrogen (secondary N) is 1. The van der Waals surface area contributed by atoms with Crippen molar-refractivity contribution in [3.05, 3.63) is 53.6 Å². The average Bonchev–Trinajstić information content (AvgIpc) is 2.54. The molecule has 0 saturated carbocycles. The molecule has 7 nitrogen and oxygen atoms in total. The molecule has 0 atom stereocenters. The van der Waals surface area contributed by atoms with Crippen molar-refractivity contribution in [2.75, 3.05) is 19.0 Å². The monoisotopic (exact) mass is 350 g/mol. The van der Waals surface area contributed by atoms with Crippen LogP contribution in [0.15, 0.2) is 47.4 Å². The van der Waals surface area contributed by atoms with Crippen molar-refractivity contribution in [2.45, 2.75) is 11.3 Å². The quantitative estimate of drug-likeness (QED) is 0.699. The van der Waals surface area contributed by atoms with Crippen LogP contribution in [0.3, 0.4) is 0 Å². The summed E-state index contributed by atoms with van der Waals surface area (Å²) in [5, 5.41) is 17.1. The van der Waals surface area contributed by atoms with E-state index in [0.717, 1.165) is 17.4 Å². The fourth-order valence-corrected chi connectivity index (χ4v) is 2.91. The van der Waals surface area contributed by atoms with E-state index in [2.05, 4.69) is 5.32 Å². The fraction of sp³-hybridized carbons (Fsp3) is 0.188. The zero-order chi connectivity index (χ0) is 17.7. The van der Waals surface area contributed by atoms with Gasteiger partial charge in [-0.25, -0.2) is 18.4 Å². The van der Waals surface area contributed by atoms with Gasteiger partial charge in [0.1, 0.15) is 10.6 Å². The molecule has 0 aliphatic heterocycles. The van der Waals surface area contributed by atoms with Gasteiger partial charge in [0, 0.05) is 6.54 Å². The molecule has 0 amide bonds. The van der Waals surface area contributed by atoms with E-state index in [9.17, 15) is 13.2 Å². The van der Waals surface area contributed by atoms with Crippen molar-refractivity contribution < 1.29 is 23.1 Å². The molecule has 4 N–H and O–H groups in total. The number of benzene rings is 2. The summed E-state index contributed by atoms with van der Waals surface area (Å²) in [6.07, 6.45) is 0.648. The van der Waals surface area contributed by atoms with Crippen LogP contribution in [0.25, 0.3) is 0 Å². The summed E-state index contributed by atoms with van der Waals surface area (Å²) in [5.41, 5.74) is 1.18. The zero-order valence-electron chi connectivity index (χ0n) is 13.0. The molecule has 8 heteroatoms. The molecule has 2 rings (SSSR count). The summed E-state index contributed by atoms with van der Waals surface area (Å²) in [5.74, 6) is -0.461. The highest BCUT2D eigenvalue weighted by atomic mass is 32.2. The Morgan fingerprint density at radius 3 is 2.42 bits per heavy atom. The van der Waals surface area contributed by atoms with Crippen LogP contribution in [0.4, 0.5) is 5.69 Å². The van der Waals surface area contributed by atoms with Gasteiger partial charge in [-0.1, -0.05) is 12.1 Å². The van der Waals surface area contributed by atoms with E-state index in [0.29, 0.717) is 13.0 Å². The third-order valence-corrected chi connectivity index (χ3v) is 4.37. The Balaban J connectivity index is 2.12. The van der Waals surface area contributed by atoms with Crippen LogP contribution in [0.2, 0.25) is 0 Å². The lowest BCUT2D eigenvalue weighted by atomic mass is 10.1. The first kappa shape index (κ1) is 17.8. The third kappa shape index (κ3) is 4.46. The molecular formula is C16H18N2O5S. The van der Waals surface area contributed by atoms with E-state index in [-0.39, 0.29) is 16.1 Å². The van der Waals surface area contributed by atoms with Crippen LogP contribution in [0.5, 0.6) is 5.75 Å². The lowest BCUT2D eigenvalue weighted by Crippen LogP contribution is -2.17. The Bertz CT molecular complexity index is 832. The first-order valence-electron chi connectivity index (χ1n) is 7.08. The van der Waals surface area contributed by atoms with Crippen molar-refractivity contribution in [3.8, 4) is 5.75 Å². The summed E-state index contributed by atoms with van der Waals surface area (Å²) >= 11 is 0. The van der Waals surface area contributed by atoms with Gasteiger partial charge >= 0.3 is 5.97 Å². The highest BCUT2D eigenvalue weighted by molar-refractivity contribution is 7.89. The molecule has 0 fully saturated rings. The molecule has 0 radical (unpaired) electrons. The van der Waals surface area contributed by atoms with Crippen LogP contribution in [0.1, 0.15) is 15.9 Å². The Hall–Kier alpha value is -2.58. The zero-order valence-corrected chi connectivity index (χ0v) is 13.8. The molecule has 0 aromatic heterocycles. The van der Waals surface area contributed by atoms with Crippen LogP contribution in [0, 0.1) is 0 Å². The number of aromatic carboxylic acids is 1. The average molecular weight is 350 g/mol. The van der Waals surface area contributed by atoms with E-state index >= 15 is 0 Å². The Kier molecular flexibility index (Phi) is 5.42. The first-order valence-corrected chi connectivity index (χ1v) is 8.63. The lowest BCUT2D eigenvalue weighted by Gasteiger charge is -2.12. The van der Waals surface area contributed by atoms with Crippen molar-refractivity contribution in [3.63, 3.8) is 0 Å².